The number of tetrazole rings is 1. The third-order valence-corrected chi connectivity index (χ3v) is 1.94. The van der Waals surface area contributed by atoms with Crippen LogP contribution in [0.1, 0.15) is 11.6 Å². The maximum absolute atomic E-state index is 9.02. The number of rotatable bonds is 4. The Morgan fingerprint density at radius 1 is 1.65 bits per heavy atom. The minimum atomic E-state index is 0.269. The van der Waals surface area contributed by atoms with E-state index in [4.69, 9.17) is 9.68 Å². The van der Waals surface area contributed by atoms with Crippen LogP contribution >= 0.6 is 0 Å². The van der Waals surface area contributed by atoms with Gasteiger partial charge in [0.05, 0.1) is 12.8 Å². The molecule has 0 aliphatic rings. The molecule has 6 heteroatoms. The Hall–Kier alpha value is -2.68. The lowest BCUT2D eigenvalue weighted by Gasteiger charge is -1.90. The molecular formula is C11H9N5O. The Morgan fingerprint density at radius 2 is 2.53 bits per heavy atom. The molecule has 0 unspecified atom stereocenters. The van der Waals surface area contributed by atoms with Crippen molar-refractivity contribution in [3.05, 3.63) is 42.6 Å². The summed E-state index contributed by atoms with van der Waals surface area (Å²) in [4.78, 5) is 1.36. The zero-order valence-electron chi connectivity index (χ0n) is 8.95. The minimum absolute atomic E-state index is 0.269. The highest BCUT2D eigenvalue weighted by molar-refractivity contribution is 5.85. The van der Waals surface area contributed by atoms with Crippen molar-refractivity contribution in [1.29, 1.82) is 5.26 Å². The number of nitrogens with zero attached hydrogens (tertiary/aromatic N) is 5. The van der Waals surface area contributed by atoms with Gasteiger partial charge in [-0.1, -0.05) is 6.08 Å². The second-order valence-corrected chi connectivity index (χ2v) is 3.14. The number of hydrogen-bond donors (Lipinski definition) is 0. The van der Waals surface area contributed by atoms with E-state index in [0.717, 1.165) is 0 Å². The fourth-order valence-electron chi connectivity index (χ4n) is 1.21. The van der Waals surface area contributed by atoms with E-state index in [1.165, 1.54) is 11.1 Å². The minimum Gasteiger partial charge on any atom is -0.465 e. The summed E-state index contributed by atoms with van der Waals surface area (Å²) in [6.45, 7) is 4.02. The van der Waals surface area contributed by atoms with Crippen molar-refractivity contribution < 1.29 is 4.42 Å². The largest absolute Gasteiger partial charge is 0.465 e. The van der Waals surface area contributed by atoms with Gasteiger partial charge in [0.25, 0.3) is 0 Å². The molecule has 0 amide bonds. The van der Waals surface area contributed by atoms with Gasteiger partial charge in [-0.3, -0.25) is 0 Å². The van der Waals surface area contributed by atoms with E-state index in [1.54, 1.807) is 24.3 Å². The summed E-state index contributed by atoms with van der Waals surface area (Å²) in [5.74, 6) is 0.840. The second-order valence-electron chi connectivity index (χ2n) is 3.14. The van der Waals surface area contributed by atoms with Crippen molar-refractivity contribution >= 4 is 11.6 Å². The zero-order valence-corrected chi connectivity index (χ0v) is 8.95. The summed E-state index contributed by atoms with van der Waals surface area (Å²) in [5.41, 5.74) is 0.301. The van der Waals surface area contributed by atoms with Crippen molar-refractivity contribution in [3.8, 4) is 6.07 Å². The topological polar surface area (TPSA) is 80.5 Å². The lowest BCUT2D eigenvalue weighted by molar-refractivity contribution is 0.557. The van der Waals surface area contributed by atoms with Gasteiger partial charge >= 0.3 is 0 Å². The predicted octanol–water partition coefficient (Wildman–Crippen LogP) is 1.52. The lowest BCUT2D eigenvalue weighted by atomic mass is 10.2. The van der Waals surface area contributed by atoms with Gasteiger partial charge < -0.3 is 4.42 Å². The molecule has 0 aromatic carbocycles. The maximum atomic E-state index is 9.02. The molecule has 0 bridgehead atoms. The van der Waals surface area contributed by atoms with Crippen LogP contribution in [0.2, 0.25) is 0 Å². The zero-order chi connectivity index (χ0) is 12.1. The molecule has 0 saturated heterocycles. The summed E-state index contributed by atoms with van der Waals surface area (Å²) in [7, 11) is 0. The molecule has 17 heavy (non-hydrogen) atoms. The lowest BCUT2D eigenvalue weighted by Crippen LogP contribution is -1.99. The molecule has 0 fully saturated rings. The van der Waals surface area contributed by atoms with Crippen LogP contribution in [0, 0.1) is 11.3 Å². The van der Waals surface area contributed by atoms with Gasteiger partial charge in [-0.25, -0.2) is 0 Å². The van der Waals surface area contributed by atoms with Crippen LogP contribution in [-0.2, 0) is 6.54 Å². The van der Waals surface area contributed by atoms with Gasteiger partial charge in [0.2, 0.25) is 5.82 Å². The molecule has 2 aromatic rings. The molecule has 0 saturated carbocycles. The van der Waals surface area contributed by atoms with E-state index in [1.807, 2.05) is 6.07 Å². The first-order valence-corrected chi connectivity index (χ1v) is 4.88. The number of nitriles is 1. The number of furan rings is 1. The Kier molecular flexibility index (Phi) is 3.12. The summed E-state index contributed by atoms with van der Waals surface area (Å²) in [6, 6.07) is 5.49. The Morgan fingerprint density at radius 3 is 3.18 bits per heavy atom. The monoisotopic (exact) mass is 227 g/mol. The normalized spacial score (nSPS) is 11.1. The van der Waals surface area contributed by atoms with Gasteiger partial charge in [0, 0.05) is 6.08 Å². The first-order chi connectivity index (χ1) is 8.33. The van der Waals surface area contributed by atoms with E-state index in [0.29, 0.717) is 17.9 Å². The van der Waals surface area contributed by atoms with Crippen LogP contribution in [0.25, 0.3) is 11.6 Å². The highest BCUT2D eigenvalue weighted by atomic mass is 16.3. The van der Waals surface area contributed by atoms with E-state index >= 15 is 0 Å². The van der Waals surface area contributed by atoms with Gasteiger partial charge in [-0.05, 0) is 17.3 Å². The molecule has 84 valence electrons. The van der Waals surface area contributed by atoms with Crippen LogP contribution < -0.4 is 0 Å². The van der Waals surface area contributed by atoms with Crippen LogP contribution in [-0.4, -0.2) is 20.2 Å². The molecule has 2 aromatic heterocycles. The van der Waals surface area contributed by atoms with Crippen LogP contribution in [0.3, 0.4) is 0 Å². The van der Waals surface area contributed by atoms with Crippen molar-refractivity contribution in [3.63, 3.8) is 0 Å². The van der Waals surface area contributed by atoms with Gasteiger partial charge in [0.1, 0.15) is 17.4 Å². The third-order valence-electron chi connectivity index (χ3n) is 1.94. The summed E-state index contributed by atoms with van der Waals surface area (Å²) in [5, 5.41) is 20.6. The third kappa shape index (κ3) is 2.46. The smallest absolute Gasteiger partial charge is 0.215 e. The Bertz CT molecular complexity index is 573. The first-order valence-electron chi connectivity index (χ1n) is 4.88. The van der Waals surface area contributed by atoms with Crippen molar-refractivity contribution in [1.82, 2.24) is 20.2 Å². The highest BCUT2D eigenvalue weighted by Crippen LogP contribution is 2.13. The fourth-order valence-corrected chi connectivity index (χ4v) is 1.21. The summed E-state index contributed by atoms with van der Waals surface area (Å²) in [6.07, 6.45) is 4.74. The van der Waals surface area contributed by atoms with E-state index in [2.05, 4.69) is 22.0 Å². The average Bonchev–Trinajstić information content (AvgIpc) is 2.97. The van der Waals surface area contributed by atoms with Crippen LogP contribution in [0.4, 0.5) is 0 Å². The maximum Gasteiger partial charge on any atom is 0.215 e. The molecule has 0 spiro atoms. The Balaban J connectivity index is 2.29. The van der Waals surface area contributed by atoms with E-state index < -0.39 is 0 Å². The number of allylic oxidation sites excluding steroid dienone is 2. The van der Waals surface area contributed by atoms with Crippen molar-refractivity contribution in [2.24, 2.45) is 0 Å². The molecule has 0 atom stereocenters. The predicted molar refractivity (Wildman–Crippen MR) is 60.2 cm³/mol. The van der Waals surface area contributed by atoms with Crippen LogP contribution in [0.5, 0.6) is 0 Å². The Labute approximate surface area is 97.5 Å². The second kappa shape index (κ2) is 4.90. The van der Waals surface area contributed by atoms with E-state index in [-0.39, 0.29) is 5.82 Å². The molecule has 0 radical (unpaired) electrons. The quantitative estimate of drug-likeness (QED) is 0.584. The fraction of sp³-hybridized carbons (Fsp3) is 0.0909. The number of aromatic nitrogens is 4. The van der Waals surface area contributed by atoms with Gasteiger partial charge in [-0.15, -0.1) is 16.8 Å². The van der Waals surface area contributed by atoms with Crippen LogP contribution in [0.15, 0.2) is 35.5 Å². The average molecular weight is 227 g/mol. The van der Waals surface area contributed by atoms with Gasteiger partial charge in [-0.2, -0.15) is 10.1 Å². The summed E-state index contributed by atoms with van der Waals surface area (Å²) < 4.78 is 5.12. The molecule has 0 aliphatic heterocycles. The standard InChI is InChI=1S/C11H9N5O/c1-2-5-16-14-11(13-15-16)9(8-12)7-10-4-3-6-17-10/h2-4,6-7H,1,5H2/b9-7+. The SMILES string of the molecule is C=CCn1nnc(/C(C#N)=C/c2ccco2)n1. The van der Waals surface area contributed by atoms with Gasteiger partial charge in [0.15, 0.2) is 0 Å². The van der Waals surface area contributed by atoms with Crippen molar-refractivity contribution in [2.45, 2.75) is 6.54 Å². The molecule has 2 heterocycles. The molecule has 2 rings (SSSR count). The molecule has 0 N–H and O–H groups in total. The highest BCUT2D eigenvalue weighted by Gasteiger charge is 2.08. The number of hydrogen-bond acceptors (Lipinski definition) is 5. The first kappa shape index (κ1) is 10.8. The van der Waals surface area contributed by atoms with E-state index in [9.17, 15) is 0 Å². The molecular weight excluding hydrogens is 218 g/mol. The summed E-state index contributed by atoms with van der Waals surface area (Å²) >= 11 is 0. The molecule has 6 nitrogen and oxygen atoms in total. The van der Waals surface area contributed by atoms with Crippen molar-refractivity contribution in [2.75, 3.05) is 0 Å². The molecule has 0 aliphatic carbocycles.